The normalized spacial score (nSPS) is 23.6. The summed E-state index contributed by atoms with van der Waals surface area (Å²) >= 11 is 0. The molecule has 0 bridgehead atoms. The number of carbonyl (C=O) groups is 2. The highest BCUT2D eigenvalue weighted by atomic mass is 16.5. The first kappa shape index (κ1) is 34.0. The van der Waals surface area contributed by atoms with E-state index < -0.39 is 11.1 Å². The summed E-state index contributed by atoms with van der Waals surface area (Å²) in [6.07, 6.45) is 11.5. The molecule has 8 heteroatoms. The molecule has 0 aromatic heterocycles. The third-order valence-corrected chi connectivity index (χ3v) is 7.79. The maximum absolute atomic E-state index is 12.1. The lowest BCUT2D eigenvalue weighted by atomic mass is 9.80. The number of esters is 1. The fourth-order valence-electron chi connectivity index (χ4n) is 6.06. The number of aldehydes is 1. The second-order valence-electron chi connectivity index (χ2n) is 13.5. The summed E-state index contributed by atoms with van der Waals surface area (Å²) in [7, 11) is 1.74. The molecule has 0 aromatic carbocycles. The van der Waals surface area contributed by atoms with Gasteiger partial charge in [-0.25, -0.2) is 0 Å². The molecular weight excluding hydrogens is 472 g/mol. The smallest absolute Gasteiger partial charge is 0.306 e. The monoisotopic (exact) mass is 528 g/mol. The third kappa shape index (κ3) is 10.9. The highest BCUT2D eigenvalue weighted by Crippen LogP contribution is 2.38. The number of hydroxylamine groups is 4. The van der Waals surface area contributed by atoms with Gasteiger partial charge in [-0.15, -0.1) is 0 Å². The molecule has 0 spiro atoms. The molecule has 0 saturated carbocycles. The minimum atomic E-state index is -0.395. The first-order chi connectivity index (χ1) is 17.0. The van der Waals surface area contributed by atoms with E-state index in [2.05, 4.69) is 0 Å². The Labute approximate surface area is 226 Å². The average molecular weight is 529 g/mol. The molecule has 8 nitrogen and oxygen atoms in total. The molecule has 2 heterocycles. The fraction of sp³-hybridized carbons (Fsp3) is 0.931. The van der Waals surface area contributed by atoms with Crippen molar-refractivity contribution in [3.8, 4) is 0 Å². The van der Waals surface area contributed by atoms with Crippen LogP contribution in [-0.2, 0) is 19.1 Å². The number of hydrogen-bond donors (Lipinski definition) is 2. The van der Waals surface area contributed by atoms with Crippen molar-refractivity contribution < 1.29 is 29.5 Å². The van der Waals surface area contributed by atoms with Crippen LogP contribution in [0.2, 0.25) is 0 Å². The molecule has 0 radical (unpaired) electrons. The van der Waals surface area contributed by atoms with Gasteiger partial charge in [0.1, 0.15) is 12.4 Å². The quantitative estimate of drug-likeness (QED) is 0.183. The van der Waals surface area contributed by atoms with Crippen molar-refractivity contribution in [2.24, 2.45) is 0 Å². The summed E-state index contributed by atoms with van der Waals surface area (Å²) in [5.74, 6) is -0.126. The molecule has 0 aromatic rings. The Bertz CT molecular complexity index is 671. The predicted molar refractivity (Wildman–Crippen MR) is 146 cm³/mol. The first-order valence-electron chi connectivity index (χ1n) is 14.1. The maximum Gasteiger partial charge on any atom is 0.306 e. The molecule has 0 atom stereocenters. The van der Waals surface area contributed by atoms with Crippen LogP contribution in [0, 0.1) is 0 Å². The summed E-state index contributed by atoms with van der Waals surface area (Å²) in [6, 6.07) is 0. The molecule has 2 aliphatic rings. The standard InChI is InChI=1S/C19H35NO4.C10H21NO2/c1-18(2)14-16(15-19(3,4)20(18)23)24-17(22)12-10-8-6-5-7-9-11-13-21;1-9(2)6-8(13-5)7-10(3,4)11(9)12/h13,16,23H,5-12,14-15H2,1-4H3;8,12H,6-7H2,1-5H3. The zero-order valence-electron chi connectivity index (χ0n) is 25.1. The molecule has 2 aliphatic heterocycles. The van der Waals surface area contributed by atoms with Gasteiger partial charge in [-0.1, -0.05) is 25.7 Å². The number of rotatable bonds is 11. The largest absolute Gasteiger partial charge is 0.462 e. The minimum Gasteiger partial charge on any atom is -0.462 e. The highest BCUT2D eigenvalue weighted by molar-refractivity contribution is 5.69. The maximum atomic E-state index is 12.1. The van der Waals surface area contributed by atoms with Gasteiger partial charge in [0.05, 0.1) is 6.10 Å². The van der Waals surface area contributed by atoms with Crippen molar-refractivity contribution in [1.29, 1.82) is 0 Å². The van der Waals surface area contributed by atoms with Gasteiger partial charge in [0.25, 0.3) is 0 Å². The number of unbranched alkanes of at least 4 members (excludes halogenated alkanes) is 6. The molecule has 2 saturated heterocycles. The molecular formula is C29H56N2O6. The number of ether oxygens (including phenoxy) is 2. The van der Waals surface area contributed by atoms with E-state index in [4.69, 9.17) is 9.47 Å². The topological polar surface area (TPSA) is 99.5 Å². The second kappa shape index (κ2) is 14.4. The lowest BCUT2D eigenvalue weighted by molar-refractivity contribution is -0.259. The van der Waals surface area contributed by atoms with Gasteiger partial charge in [0, 0.05) is 54.9 Å². The zero-order chi connectivity index (χ0) is 28.5. The SMILES string of the molecule is CC1(C)CC(OC(=O)CCCCCCCCC=O)CC(C)(C)N1O.COC1CC(C)(C)N(O)C(C)(C)C1. The van der Waals surface area contributed by atoms with Crippen LogP contribution in [0.1, 0.15) is 132 Å². The van der Waals surface area contributed by atoms with E-state index in [1.54, 1.807) is 7.11 Å². The van der Waals surface area contributed by atoms with Gasteiger partial charge < -0.3 is 24.7 Å². The van der Waals surface area contributed by atoms with Crippen molar-refractivity contribution in [1.82, 2.24) is 10.1 Å². The number of carbonyl (C=O) groups excluding carboxylic acids is 2. The van der Waals surface area contributed by atoms with Crippen LogP contribution in [0.4, 0.5) is 0 Å². The number of nitrogens with zero attached hydrogens (tertiary/aromatic N) is 2. The van der Waals surface area contributed by atoms with E-state index in [-0.39, 0.29) is 29.3 Å². The number of piperidine rings is 2. The van der Waals surface area contributed by atoms with Gasteiger partial charge in [0.15, 0.2) is 0 Å². The Balaban J connectivity index is 0.000000442. The Morgan fingerprint density at radius 3 is 1.51 bits per heavy atom. The van der Waals surface area contributed by atoms with Gasteiger partial charge in [-0.2, -0.15) is 10.1 Å². The molecule has 2 rings (SSSR count). The van der Waals surface area contributed by atoms with E-state index in [0.29, 0.717) is 25.7 Å². The van der Waals surface area contributed by atoms with Crippen LogP contribution in [0.3, 0.4) is 0 Å². The van der Waals surface area contributed by atoms with Crippen molar-refractivity contribution in [3.05, 3.63) is 0 Å². The van der Waals surface area contributed by atoms with E-state index in [0.717, 1.165) is 57.7 Å². The summed E-state index contributed by atoms with van der Waals surface area (Å²) < 4.78 is 11.0. The van der Waals surface area contributed by atoms with Crippen molar-refractivity contribution in [2.75, 3.05) is 7.11 Å². The summed E-state index contributed by atoms with van der Waals surface area (Å²) in [4.78, 5) is 22.3. The molecule has 218 valence electrons. The van der Waals surface area contributed by atoms with Gasteiger partial charge in [-0.05, 0) is 81.1 Å². The highest BCUT2D eigenvalue weighted by Gasteiger charge is 2.46. The van der Waals surface area contributed by atoms with Crippen molar-refractivity contribution in [3.63, 3.8) is 0 Å². The van der Waals surface area contributed by atoms with Crippen LogP contribution < -0.4 is 0 Å². The number of methoxy groups -OCH3 is 1. The number of hydrogen-bond acceptors (Lipinski definition) is 8. The van der Waals surface area contributed by atoms with Crippen LogP contribution in [0.25, 0.3) is 0 Å². The Morgan fingerprint density at radius 1 is 0.730 bits per heavy atom. The Morgan fingerprint density at radius 2 is 1.11 bits per heavy atom. The summed E-state index contributed by atoms with van der Waals surface area (Å²) in [5.41, 5.74) is -1.17. The summed E-state index contributed by atoms with van der Waals surface area (Å²) in [5, 5.41) is 23.1. The fourth-order valence-corrected chi connectivity index (χ4v) is 6.06. The molecule has 0 unspecified atom stereocenters. The molecule has 0 amide bonds. The molecule has 2 fully saturated rings. The molecule has 0 aliphatic carbocycles. The van der Waals surface area contributed by atoms with E-state index in [9.17, 15) is 20.0 Å². The predicted octanol–water partition coefficient (Wildman–Crippen LogP) is 6.30. The van der Waals surface area contributed by atoms with Crippen LogP contribution in [-0.4, -0.2) is 74.3 Å². The lowest BCUT2D eigenvalue weighted by Gasteiger charge is -2.51. The van der Waals surface area contributed by atoms with Crippen molar-refractivity contribution >= 4 is 12.3 Å². The summed E-state index contributed by atoms with van der Waals surface area (Å²) in [6.45, 7) is 16.1. The van der Waals surface area contributed by atoms with Crippen LogP contribution >= 0.6 is 0 Å². The van der Waals surface area contributed by atoms with Gasteiger partial charge >= 0.3 is 5.97 Å². The van der Waals surface area contributed by atoms with E-state index in [1.165, 1.54) is 10.1 Å². The van der Waals surface area contributed by atoms with E-state index in [1.807, 2.05) is 55.4 Å². The van der Waals surface area contributed by atoms with Crippen LogP contribution in [0.15, 0.2) is 0 Å². The van der Waals surface area contributed by atoms with Crippen LogP contribution in [0.5, 0.6) is 0 Å². The second-order valence-corrected chi connectivity index (χ2v) is 13.5. The lowest BCUT2D eigenvalue weighted by Crippen LogP contribution is -2.60. The van der Waals surface area contributed by atoms with Gasteiger partial charge in [-0.3, -0.25) is 4.79 Å². The first-order valence-corrected chi connectivity index (χ1v) is 14.1. The van der Waals surface area contributed by atoms with E-state index >= 15 is 0 Å². The Hall–Kier alpha value is -1.06. The minimum absolute atomic E-state index is 0.126. The van der Waals surface area contributed by atoms with Crippen molar-refractivity contribution in [2.45, 2.75) is 167 Å². The third-order valence-electron chi connectivity index (χ3n) is 7.79. The zero-order valence-corrected chi connectivity index (χ0v) is 25.1. The Kier molecular flexibility index (Phi) is 13.2. The molecule has 37 heavy (non-hydrogen) atoms. The van der Waals surface area contributed by atoms with Gasteiger partial charge in [0.2, 0.25) is 0 Å². The molecule has 2 N–H and O–H groups in total. The average Bonchev–Trinajstić information content (AvgIpc) is 2.77.